The fourth-order valence-corrected chi connectivity index (χ4v) is 3.51. The molecule has 1 aromatic carbocycles. The summed E-state index contributed by atoms with van der Waals surface area (Å²) < 4.78 is 0.767. The van der Waals surface area contributed by atoms with E-state index in [-0.39, 0.29) is 16.3 Å². The zero-order valence-electron chi connectivity index (χ0n) is 12.3. The maximum Gasteiger partial charge on any atom is 0.270 e. The van der Waals surface area contributed by atoms with E-state index in [0.29, 0.717) is 11.0 Å². The SMILES string of the molecule is CC(C)CSc1nnc(NC(=O)c2ccc([N+](=O)[O-])cc2Cl)s1. The minimum Gasteiger partial charge on any atom is -0.296 e. The van der Waals surface area contributed by atoms with E-state index in [1.54, 1.807) is 11.8 Å². The molecule has 0 aliphatic heterocycles. The number of amides is 1. The molecule has 1 aromatic heterocycles. The van der Waals surface area contributed by atoms with Crippen LogP contribution in [0.25, 0.3) is 0 Å². The van der Waals surface area contributed by atoms with Crippen molar-refractivity contribution in [2.45, 2.75) is 18.2 Å². The van der Waals surface area contributed by atoms with Crippen LogP contribution in [0.1, 0.15) is 24.2 Å². The first-order valence-electron chi connectivity index (χ1n) is 6.58. The van der Waals surface area contributed by atoms with Gasteiger partial charge in [-0.2, -0.15) is 0 Å². The lowest BCUT2D eigenvalue weighted by molar-refractivity contribution is -0.384. The summed E-state index contributed by atoms with van der Waals surface area (Å²) in [5, 5.41) is 21.5. The van der Waals surface area contributed by atoms with Crippen molar-refractivity contribution >= 4 is 51.4 Å². The first-order valence-corrected chi connectivity index (χ1v) is 8.76. The Balaban J connectivity index is 2.06. The third-order valence-electron chi connectivity index (χ3n) is 2.58. The Hall–Kier alpha value is -1.71. The molecule has 0 aliphatic rings. The van der Waals surface area contributed by atoms with E-state index in [9.17, 15) is 14.9 Å². The van der Waals surface area contributed by atoms with Gasteiger partial charge >= 0.3 is 0 Å². The largest absolute Gasteiger partial charge is 0.296 e. The Morgan fingerprint density at radius 1 is 1.48 bits per heavy atom. The van der Waals surface area contributed by atoms with Gasteiger partial charge in [0.2, 0.25) is 5.13 Å². The van der Waals surface area contributed by atoms with Crippen molar-refractivity contribution in [3.8, 4) is 0 Å². The molecule has 0 fully saturated rings. The predicted molar refractivity (Wildman–Crippen MR) is 91.5 cm³/mol. The second-order valence-electron chi connectivity index (χ2n) is 4.95. The number of halogens is 1. The summed E-state index contributed by atoms with van der Waals surface area (Å²) in [5.41, 5.74) is -0.0290. The van der Waals surface area contributed by atoms with Gasteiger partial charge in [0.25, 0.3) is 11.6 Å². The fraction of sp³-hybridized carbons (Fsp3) is 0.308. The zero-order valence-corrected chi connectivity index (χ0v) is 14.7. The van der Waals surface area contributed by atoms with Crippen molar-refractivity contribution in [3.63, 3.8) is 0 Å². The molecule has 0 unspecified atom stereocenters. The number of non-ortho nitro benzene ring substituents is 1. The molecule has 0 radical (unpaired) electrons. The first kappa shape index (κ1) is 17.6. The number of carbonyl (C=O) groups excluding carboxylic acids is 1. The number of rotatable bonds is 6. The molecule has 23 heavy (non-hydrogen) atoms. The van der Waals surface area contributed by atoms with Gasteiger partial charge in [-0.15, -0.1) is 10.2 Å². The van der Waals surface area contributed by atoms with Crippen LogP contribution in [-0.2, 0) is 0 Å². The van der Waals surface area contributed by atoms with Gasteiger partial charge in [-0.3, -0.25) is 20.2 Å². The Labute approximate surface area is 145 Å². The number of thioether (sulfide) groups is 1. The molecule has 1 amide bonds. The second-order valence-corrected chi connectivity index (χ2v) is 7.61. The number of benzene rings is 1. The smallest absolute Gasteiger partial charge is 0.270 e. The van der Waals surface area contributed by atoms with Gasteiger partial charge in [0.15, 0.2) is 4.34 Å². The molecule has 0 spiro atoms. The number of nitro benzene ring substituents is 1. The van der Waals surface area contributed by atoms with Crippen molar-refractivity contribution in [1.82, 2.24) is 10.2 Å². The van der Waals surface area contributed by atoms with Crippen molar-refractivity contribution in [3.05, 3.63) is 38.9 Å². The lowest BCUT2D eigenvalue weighted by atomic mass is 10.2. The number of nitrogens with one attached hydrogen (secondary N) is 1. The summed E-state index contributed by atoms with van der Waals surface area (Å²) in [6, 6.07) is 3.68. The Bertz CT molecular complexity index is 736. The molecule has 7 nitrogen and oxygen atoms in total. The number of nitrogens with zero attached hydrogens (tertiary/aromatic N) is 3. The van der Waals surface area contributed by atoms with Crippen LogP contribution in [0, 0.1) is 16.0 Å². The van der Waals surface area contributed by atoms with E-state index >= 15 is 0 Å². The number of hydrogen-bond donors (Lipinski definition) is 1. The van der Waals surface area contributed by atoms with E-state index in [4.69, 9.17) is 11.6 Å². The average molecular weight is 373 g/mol. The van der Waals surface area contributed by atoms with Gasteiger partial charge in [-0.1, -0.05) is 48.5 Å². The molecule has 2 rings (SSSR count). The first-order chi connectivity index (χ1) is 10.9. The zero-order chi connectivity index (χ0) is 17.0. The molecule has 1 heterocycles. The fourth-order valence-electron chi connectivity index (χ4n) is 1.52. The standard InChI is InChI=1S/C13H13ClN4O3S2/c1-7(2)6-22-13-17-16-12(23-13)15-11(19)9-4-3-8(18(20)21)5-10(9)14/h3-5,7H,6H2,1-2H3,(H,15,16,19). The van der Waals surface area contributed by atoms with E-state index < -0.39 is 10.8 Å². The third-order valence-corrected chi connectivity index (χ3v) is 5.29. The van der Waals surface area contributed by atoms with Gasteiger partial charge in [-0.25, -0.2) is 0 Å². The molecule has 2 aromatic rings. The van der Waals surface area contributed by atoms with E-state index in [1.165, 1.54) is 23.5 Å². The molecule has 0 atom stereocenters. The summed E-state index contributed by atoms with van der Waals surface area (Å²) in [6.45, 7) is 4.21. The number of nitro groups is 1. The summed E-state index contributed by atoms with van der Waals surface area (Å²) in [6.07, 6.45) is 0. The van der Waals surface area contributed by atoms with Crippen LogP contribution in [0.2, 0.25) is 5.02 Å². The molecule has 0 saturated carbocycles. The minimum absolute atomic E-state index is 0.00983. The summed E-state index contributed by atoms with van der Waals surface area (Å²) in [4.78, 5) is 22.3. The number of carbonyl (C=O) groups is 1. The monoisotopic (exact) mass is 372 g/mol. The quantitative estimate of drug-likeness (QED) is 0.354. The maximum absolute atomic E-state index is 12.2. The maximum atomic E-state index is 12.2. The van der Waals surface area contributed by atoms with Crippen LogP contribution < -0.4 is 5.32 Å². The molecule has 0 bridgehead atoms. The molecular weight excluding hydrogens is 360 g/mol. The van der Waals surface area contributed by atoms with Crippen molar-refractivity contribution in [2.24, 2.45) is 5.92 Å². The van der Waals surface area contributed by atoms with E-state index in [2.05, 4.69) is 29.4 Å². The minimum atomic E-state index is -0.573. The lowest BCUT2D eigenvalue weighted by Crippen LogP contribution is -2.12. The number of aromatic nitrogens is 2. The van der Waals surface area contributed by atoms with Gasteiger partial charge in [0.1, 0.15) is 0 Å². The van der Waals surface area contributed by atoms with Gasteiger partial charge < -0.3 is 0 Å². The molecule has 1 N–H and O–H groups in total. The normalized spacial score (nSPS) is 10.8. The summed E-state index contributed by atoms with van der Waals surface area (Å²) in [7, 11) is 0. The van der Waals surface area contributed by atoms with Gasteiger partial charge in [0.05, 0.1) is 15.5 Å². The molecule has 10 heteroatoms. The predicted octanol–water partition coefficient (Wildman–Crippen LogP) is 4.10. The second kappa shape index (κ2) is 7.71. The average Bonchev–Trinajstić information content (AvgIpc) is 2.92. The van der Waals surface area contributed by atoms with E-state index in [1.807, 2.05) is 0 Å². The van der Waals surface area contributed by atoms with Crippen LogP contribution in [0.15, 0.2) is 22.5 Å². The number of anilines is 1. The molecule has 0 saturated heterocycles. The molecule has 122 valence electrons. The highest BCUT2D eigenvalue weighted by atomic mass is 35.5. The van der Waals surface area contributed by atoms with Crippen LogP contribution >= 0.6 is 34.7 Å². The van der Waals surface area contributed by atoms with Crippen LogP contribution in [0.4, 0.5) is 10.8 Å². The molecular formula is C13H13ClN4O3S2. The summed E-state index contributed by atoms with van der Waals surface area (Å²) in [5.74, 6) is 0.957. The topological polar surface area (TPSA) is 98.0 Å². The van der Waals surface area contributed by atoms with Gasteiger partial charge in [0, 0.05) is 17.9 Å². The van der Waals surface area contributed by atoms with Crippen molar-refractivity contribution in [1.29, 1.82) is 0 Å². The van der Waals surface area contributed by atoms with Crippen LogP contribution in [0.3, 0.4) is 0 Å². The van der Waals surface area contributed by atoms with Crippen molar-refractivity contribution in [2.75, 3.05) is 11.1 Å². The lowest BCUT2D eigenvalue weighted by Gasteiger charge is -2.03. The van der Waals surface area contributed by atoms with Crippen molar-refractivity contribution < 1.29 is 9.72 Å². The third kappa shape index (κ3) is 4.88. The van der Waals surface area contributed by atoms with E-state index in [0.717, 1.165) is 16.2 Å². The van der Waals surface area contributed by atoms with Crippen LogP contribution in [0.5, 0.6) is 0 Å². The Morgan fingerprint density at radius 3 is 2.83 bits per heavy atom. The Morgan fingerprint density at radius 2 is 2.22 bits per heavy atom. The highest BCUT2D eigenvalue weighted by Gasteiger charge is 2.16. The van der Waals surface area contributed by atoms with Gasteiger partial charge in [-0.05, 0) is 12.0 Å². The van der Waals surface area contributed by atoms with Crippen LogP contribution in [-0.4, -0.2) is 26.8 Å². The highest BCUT2D eigenvalue weighted by molar-refractivity contribution is 8.01. The summed E-state index contributed by atoms with van der Waals surface area (Å²) >= 11 is 8.76. The number of hydrogen-bond acceptors (Lipinski definition) is 7. The highest BCUT2D eigenvalue weighted by Crippen LogP contribution is 2.28. The Kier molecular flexibility index (Phi) is 5.91. The molecule has 0 aliphatic carbocycles.